The summed E-state index contributed by atoms with van der Waals surface area (Å²) in [6, 6.07) is 7.12. The van der Waals surface area contributed by atoms with Crippen LogP contribution in [-0.2, 0) is 17.6 Å². The molecule has 1 aliphatic carbocycles. The van der Waals surface area contributed by atoms with Crippen LogP contribution in [0.5, 0.6) is 5.75 Å². The minimum absolute atomic E-state index is 0.251. The Morgan fingerprint density at radius 3 is 2.75 bits per heavy atom. The second kappa shape index (κ2) is 9.24. The lowest BCUT2D eigenvalue weighted by Crippen LogP contribution is -2.16. The van der Waals surface area contributed by atoms with Gasteiger partial charge in [-0.2, -0.15) is 0 Å². The molecular formula is C22H27NO4S. The molecule has 1 heterocycles. The molecular weight excluding hydrogens is 374 g/mol. The molecule has 0 bridgehead atoms. The molecule has 0 saturated heterocycles. The summed E-state index contributed by atoms with van der Waals surface area (Å²) in [5, 5.41) is 3.53. The molecule has 1 amide bonds. The molecule has 6 heteroatoms. The molecule has 0 unspecified atom stereocenters. The van der Waals surface area contributed by atoms with Crippen molar-refractivity contribution in [3.05, 3.63) is 45.8 Å². The maximum atomic E-state index is 12.8. The Morgan fingerprint density at radius 2 is 2.00 bits per heavy atom. The van der Waals surface area contributed by atoms with E-state index >= 15 is 0 Å². The Morgan fingerprint density at radius 1 is 1.21 bits per heavy atom. The predicted octanol–water partition coefficient (Wildman–Crippen LogP) is 5.09. The van der Waals surface area contributed by atoms with Gasteiger partial charge in [0, 0.05) is 10.4 Å². The van der Waals surface area contributed by atoms with Crippen molar-refractivity contribution in [3.8, 4) is 5.75 Å². The number of anilines is 1. The molecule has 5 nitrogen and oxygen atoms in total. The van der Waals surface area contributed by atoms with Gasteiger partial charge in [0.05, 0.1) is 18.8 Å². The number of amides is 1. The minimum atomic E-state index is -0.355. The number of hydrogen-bond acceptors (Lipinski definition) is 5. The summed E-state index contributed by atoms with van der Waals surface area (Å²) in [6.45, 7) is 6.84. The molecule has 3 rings (SSSR count). The number of aryl methyl sites for hydroxylation is 1. The van der Waals surface area contributed by atoms with E-state index in [0.717, 1.165) is 31.2 Å². The molecule has 0 aliphatic heterocycles. The van der Waals surface area contributed by atoms with E-state index < -0.39 is 0 Å². The number of esters is 1. The quantitative estimate of drug-likeness (QED) is 0.656. The van der Waals surface area contributed by atoms with Gasteiger partial charge in [-0.3, -0.25) is 4.79 Å². The maximum absolute atomic E-state index is 12.8. The summed E-state index contributed by atoms with van der Waals surface area (Å²) >= 11 is 1.49. The molecule has 0 fully saturated rings. The third-order valence-corrected chi connectivity index (χ3v) is 5.76. The van der Waals surface area contributed by atoms with E-state index in [-0.39, 0.29) is 11.9 Å². The van der Waals surface area contributed by atoms with Gasteiger partial charge in [0.2, 0.25) is 0 Å². The van der Waals surface area contributed by atoms with E-state index in [1.165, 1.54) is 16.2 Å². The summed E-state index contributed by atoms with van der Waals surface area (Å²) in [6.07, 6.45) is 3.96. The Labute approximate surface area is 170 Å². The van der Waals surface area contributed by atoms with Crippen molar-refractivity contribution in [3.63, 3.8) is 0 Å². The average Bonchev–Trinajstić information content (AvgIpc) is 3.04. The van der Waals surface area contributed by atoms with E-state index in [1.807, 2.05) is 6.07 Å². The fourth-order valence-electron chi connectivity index (χ4n) is 3.24. The SMILES string of the molecule is CCOC(=O)c1c(NC(=O)c2cccc(OCC(C)C)c2)sc2c1CCCC2. The first-order valence-electron chi connectivity index (χ1n) is 9.85. The van der Waals surface area contributed by atoms with Crippen molar-refractivity contribution < 1.29 is 19.1 Å². The van der Waals surface area contributed by atoms with Crippen LogP contribution in [0, 0.1) is 5.92 Å². The van der Waals surface area contributed by atoms with Crippen molar-refractivity contribution in [2.24, 2.45) is 5.92 Å². The van der Waals surface area contributed by atoms with Crippen LogP contribution in [0.3, 0.4) is 0 Å². The highest BCUT2D eigenvalue weighted by Gasteiger charge is 2.27. The number of ether oxygens (including phenoxy) is 2. The largest absolute Gasteiger partial charge is 0.493 e. The Balaban J connectivity index is 1.83. The summed E-state index contributed by atoms with van der Waals surface area (Å²) in [7, 11) is 0. The molecule has 2 aromatic rings. The first-order valence-corrected chi connectivity index (χ1v) is 10.7. The van der Waals surface area contributed by atoms with E-state index in [9.17, 15) is 9.59 Å². The lowest BCUT2D eigenvalue weighted by Gasteiger charge is -2.12. The first-order chi connectivity index (χ1) is 13.5. The monoisotopic (exact) mass is 401 g/mol. The lowest BCUT2D eigenvalue weighted by atomic mass is 9.95. The van der Waals surface area contributed by atoms with Gasteiger partial charge in [-0.05, 0) is 62.3 Å². The zero-order valence-electron chi connectivity index (χ0n) is 16.7. The van der Waals surface area contributed by atoms with Crippen molar-refractivity contribution >= 4 is 28.2 Å². The second-order valence-corrected chi connectivity index (χ2v) is 8.43. The third kappa shape index (κ3) is 4.73. The molecule has 150 valence electrons. The van der Waals surface area contributed by atoms with Gasteiger partial charge in [0.25, 0.3) is 5.91 Å². The van der Waals surface area contributed by atoms with Gasteiger partial charge in [0.15, 0.2) is 0 Å². The van der Waals surface area contributed by atoms with E-state index in [0.29, 0.717) is 41.0 Å². The van der Waals surface area contributed by atoms with Gasteiger partial charge in [-0.15, -0.1) is 11.3 Å². The molecule has 0 radical (unpaired) electrons. The highest BCUT2D eigenvalue weighted by atomic mass is 32.1. The number of carbonyl (C=O) groups is 2. The fraction of sp³-hybridized carbons (Fsp3) is 0.455. The highest BCUT2D eigenvalue weighted by molar-refractivity contribution is 7.17. The maximum Gasteiger partial charge on any atom is 0.341 e. The molecule has 1 N–H and O–H groups in total. The van der Waals surface area contributed by atoms with E-state index in [1.54, 1.807) is 25.1 Å². The van der Waals surface area contributed by atoms with Gasteiger partial charge < -0.3 is 14.8 Å². The number of carbonyl (C=O) groups excluding carboxylic acids is 2. The van der Waals surface area contributed by atoms with Gasteiger partial charge in [-0.1, -0.05) is 19.9 Å². The van der Waals surface area contributed by atoms with Crippen LogP contribution in [-0.4, -0.2) is 25.1 Å². The minimum Gasteiger partial charge on any atom is -0.493 e. The van der Waals surface area contributed by atoms with Crippen LogP contribution in [0.25, 0.3) is 0 Å². The fourth-order valence-corrected chi connectivity index (χ4v) is 4.51. The topological polar surface area (TPSA) is 64.6 Å². The van der Waals surface area contributed by atoms with E-state index in [2.05, 4.69) is 19.2 Å². The Bertz CT molecular complexity index is 856. The predicted molar refractivity (Wildman–Crippen MR) is 112 cm³/mol. The Kier molecular flexibility index (Phi) is 6.73. The van der Waals surface area contributed by atoms with Crippen molar-refractivity contribution in [1.29, 1.82) is 0 Å². The molecule has 1 aromatic heterocycles. The summed E-state index contributed by atoms with van der Waals surface area (Å²) in [4.78, 5) is 26.5. The number of fused-ring (bicyclic) bond motifs is 1. The molecule has 0 atom stereocenters. The molecule has 1 aromatic carbocycles. The number of thiophene rings is 1. The zero-order chi connectivity index (χ0) is 20.1. The van der Waals surface area contributed by atoms with Crippen molar-refractivity contribution in [2.45, 2.75) is 46.5 Å². The normalized spacial score (nSPS) is 13.1. The number of nitrogens with one attached hydrogen (secondary N) is 1. The number of hydrogen-bond donors (Lipinski definition) is 1. The van der Waals surface area contributed by atoms with Crippen LogP contribution < -0.4 is 10.1 Å². The van der Waals surface area contributed by atoms with Crippen LogP contribution in [0.15, 0.2) is 24.3 Å². The molecule has 1 aliphatic rings. The van der Waals surface area contributed by atoms with Crippen LogP contribution in [0.4, 0.5) is 5.00 Å². The average molecular weight is 402 g/mol. The number of rotatable bonds is 7. The van der Waals surface area contributed by atoms with Crippen LogP contribution >= 0.6 is 11.3 Å². The molecule has 0 saturated carbocycles. The molecule has 28 heavy (non-hydrogen) atoms. The van der Waals surface area contributed by atoms with Crippen LogP contribution in [0.2, 0.25) is 0 Å². The molecule has 0 spiro atoms. The highest BCUT2D eigenvalue weighted by Crippen LogP contribution is 2.38. The summed E-state index contributed by atoms with van der Waals surface area (Å²) in [5.74, 6) is 0.463. The van der Waals surface area contributed by atoms with Crippen molar-refractivity contribution in [1.82, 2.24) is 0 Å². The van der Waals surface area contributed by atoms with E-state index in [4.69, 9.17) is 9.47 Å². The lowest BCUT2D eigenvalue weighted by molar-refractivity contribution is 0.0526. The third-order valence-electron chi connectivity index (χ3n) is 4.56. The number of benzene rings is 1. The summed E-state index contributed by atoms with van der Waals surface area (Å²) in [5.41, 5.74) is 2.07. The van der Waals surface area contributed by atoms with Gasteiger partial charge >= 0.3 is 5.97 Å². The zero-order valence-corrected chi connectivity index (χ0v) is 17.5. The van der Waals surface area contributed by atoms with Gasteiger partial charge in [-0.25, -0.2) is 4.79 Å². The van der Waals surface area contributed by atoms with Crippen LogP contribution in [0.1, 0.15) is 64.8 Å². The second-order valence-electron chi connectivity index (χ2n) is 7.32. The standard InChI is InChI=1S/C22H27NO4S/c1-4-26-22(25)19-17-10-5-6-11-18(17)28-21(19)23-20(24)15-8-7-9-16(12-15)27-13-14(2)3/h7-9,12,14H,4-6,10-11,13H2,1-3H3,(H,23,24). The van der Waals surface area contributed by atoms with Gasteiger partial charge in [0.1, 0.15) is 10.8 Å². The smallest absolute Gasteiger partial charge is 0.341 e. The first kappa shape index (κ1) is 20.4. The van der Waals surface area contributed by atoms with Crippen molar-refractivity contribution in [2.75, 3.05) is 18.5 Å². The summed E-state index contributed by atoms with van der Waals surface area (Å²) < 4.78 is 11.0. The Hall–Kier alpha value is -2.34.